The van der Waals surface area contributed by atoms with Gasteiger partial charge in [0.05, 0.1) is 0 Å². The topological polar surface area (TPSA) is 95.7 Å². The first-order valence-corrected chi connectivity index (χ1v) is 10.6. The summed E-state index contributed by atoms with van der Waals surface area (Å²) in [5.74, 6) is 0. The van der Waals surface area contributed by atoms with Crippen LogP contribution >= 0.6 is 0 Å². The van der Waals surface area contributed by atoms with Crippen LogP contribution in [0, 0.1) is 0 Å². The molecule has 0 aliphatic rings. The third-order valence-corrected chi connectivity index (χ3v) is 3.91. The van der Waals surface area contributed by atoms with E-state index in [1.165, 1.54) is 103 Å². The molecule has 0 spiro atoms. The van der Waals surface area contributed by atoms with Gasteiger partial charge in [0.2, 0.25) is 0 Å². The maximum atomic E-state index is 7.17. The predicted molar refractivity (Wildman–Crippen MR) is 137 cm³/mol. The molecule has 0 aliphatic carbocycles. The second-order valence-electron chi connectivity index (χ2n) is 6.59. The van der Waals surface area contributed by atoms with E-state index in [-0.39, 0.29) is 39.8 Å². The maximum absolute atomic E-state index is 7.17. The molecule has 204 valence electrons. The zero-order valence-electron chi connectivity index (χ0n) is 19.6. The number of rotatable bonds is 14. The Morgan fingerprint density at radius 3 is 0.581 bits per heavy atom. The van der Waals surface area contributed by atoms with Crippen LogP contribution < -0.4 is 6.15 Å². The molecule has 0 amide bonds. The van der Waals surface area contributed by atoms with Gasteiger partial charge in [-0.05, 0) is 0 Å². The smallest absolute Gasteiger partial charge is 0.402 e. The summed E-state index contributed by atoms with van der Waals surface area (Å²) in [5, 5.41) is 21.5. The number of unbranched alkanes of at least 4 members (excludes halogenated alkanes) is 14. The normalized spacial score (nSPS) is 7.45. The second-order valence-corrected chi connectivity index (χ2v) is 6.59. The Labute approximate surface area is 193 Å². The summed E-state index contributed by atoms with van der Waals surface area (Å²) in [7, 11) is -2.17. The fourth-order valence-corrected chi connectivity index (χ4v) is 2.41. The van der Waals surface area contributed by atoms with Crippen LogP contribution in [-0.4, -0.2) is 22.4 Å². The van der Waals surface area contributed by atoms with Crippen LogP contribution in [-0.2, 0) is 0 Å². The van der Waals surface area contributed by atoms with E-state index in [4.69, 9.17) is 15.1 Å². The van der Waals surface area contributed by atoms with Crippen molar-refractivity contribution in [1.82, 2.24) is 6.15 Å². The summed E-state index contributed by atoms with van der Waals surface area (Å²) >= 11 is 0. The Kier molecular flexibility index (Phi) is 143. The Balaban J connectivity index is -0.0000000254. The minimum absolute atomic E-state index is 0. The van der Waals surface area contributed by atoms with Crippen LogP contribution in [0.5, 0.6) is 0 Å². The molecule has 0 unspecified atom stereocenters. The van der Waals surface area contributed by atoms with E-state index in [2.05, 4.69) is 27.7 Å². The van der Waals surface area contributed by atoms with Gasteiger partial charge in [0.1, 0.15) is 0 Å². The molecule has 0 aromatic rings. The van der Waals surface area contributed by atoms with Crippen LogP contribution in [0.1, 0.15) is 145 Å². The lowest BCUT2D eigenvalue weighted by molar-refractivity contribution is 0.278. The van der Waals surface area contributed by atoms with Gasteiger partial charge in [0, 0.05) is 0 Å². The van der Waals surface area contributed by atoms with Crippen molar-refractivity contribution in [2.24, 2.45) is 0 Å². The molecule has 0 aromatic carbocycles. The van der Waals surface area contributed by atoms with E-state index in [0.717, 1.165) is 0 Å². The first kappa shape index (κ1) is 63.2. The van der Waals surface area contributed by atoms with Crippen LogP contribution in [0.2, 0.25) is 0 Å². The van der Waals surface area contributed by atoms with Gasteiger partial charge < -0.3 is 21.2 Å². The van der Waals surface area contributed by atoms with Gasteiger partial charge in [-0.15, -0.1) is 0 Å². The van der Waals surface area contributed by atoms with Crippen molar-refractivity contribution in [3.63, 3.8) is 0 Å². The SMILES string of the molecule is C.C.CCCCCCCCCC.CCCCCCCCCC.F.F.F.F.N.OB(O)O. The third-order valence-electron chi connectivity index (χ3n) is 3.91. The zero-order valence-corrected chi connectivity index (χ0v) is 19.6. The highest BCUT2D eigenvalue weighted by Gasteiger charge is 1.92. The van der Waals surface area contributed by atoms with Gasteiger partial charge in [0.25, 0.3) is 0 Å². The lowest BCUT2D eigenvalue weighted by atomic mass is 10.1. The molecule has 0 aliphatic heterocycles. The van der Waals surface area contributed by atoms with Crippen molar-refractivity contribution in [2.45, 2.75) is 145 Å². The second kappa shape index (κ2) is 70.0. The number of hydrogen-bond acceptors (Lipinski definition) is 4. The molecule has 0 heterocycles. The largest absolute Gasteiger partial charge is 0.631 e. The molecule has 0 fully saturated rings. The molecule has 0 aromatic heterocycles. The fourth-order valence-electron chi connectivity index (χ4n) is 2.41. The van der Waals surface area contributed by atoms with E-state index in [1.54, 1.807) is 0 Å². The lowest BCUT2D eigenvalue weighted by Gasteiger charge is -1.97. The van der Waals surface area contributed by atoms with E-state index < -0.39 is 7.32 Å². The van der Waals surface area contributed by atoms with Crippen molar-refractivity contribution >= 4 is 7.32 Å². The highest BCUT2D eigenvalue weighted by atomic mass is 19.0. The summed E-state index contributed by atoms with van der Waals surface area (Å²) in [6.07, 6.45) is 22.9. The zero-order chi connectivity index (χ0) is 18.9. The Morgan fingerprint density at radius 2 is 0.484 bits per heavy atom. The summed E-state index contributed by atoms with van der Waals surface area (Å²) in [5.41, 5.74) is 0. The minimum Gasteiger partial charge on any atom is -0.402 e. The first-order chi connectivity index (χ1) is 11.6. The highest BCUT2D eigenvalue weighted by Crippen LogP contribution is 2.08. The van der Waals surface area contributed by atoms with E-state index >= 15 is 0 Å². The monoisotopic (exact) mass is 475 g/mol. The Bertz CT molecular complexity index is 167. The highest BCUT2D eigenvalue weighted by molar-refractivity contribution is 6.30. The molecular formula is C22H62BF4NO3. The molecule has 4 nitrogen and oxygen atoms in total. The summed E-state index contributed by atoms with van der Waals surface area (Å²) in [4.78, 5) is 0. The van der Waals surface area contributed by atoms with Gasteiger partial charge in [0.15, 0.2) is 0 Å². The molecule has 0 bridgehead atoms. The van der Waals surface area contributed by atoms with Gasteiger partial charge in [-0.2, -0.15) is 0 Å². The average molecular weight is 476 g/mol. The predicted octanol–water partition coefficient (Wildman–Crippen LogP) is 8.29. The van der Waals surface area contributed by atoms with Crippen molar-refractivity contribution in [3.8, 4) is 0 Å². The van der Waals surface area contributed by atoms with E-state index in [0.29, 0.717) is 0 Å². The van der Waals surface area contributed by atoms with Crippen molar-refractivity contribution in [2.75, 3.05) is 0 Å². The summed E-state index contributed by atoms with van der Waals surface area (Å²) in [6.45, 7) is 9.08. The van der Waals surface area contributed by atoms with Crippen molar-refractivity contribution in [1.29, 1.82) is 0 Å². The molecule has 0 rings (SSSR count). The average Bonchev–Trinajstić information content (AvgIpc) is 2.54. The summed E-state index contributed by atoms with van der Waals surface area (Å²) < 4.78 is 0. The number of hydrogen-bond donors (Lipinski definition) is 4. The van der Waals surface area contributed by atoms with Gasteiger partial charge in [-0.1, -0.05) is 145 Å². The fraction of sp³-hybridized carbons (Fsp3) is 1.00. The maximum Gasteiger partial charge on any atom is 0.631 e. The summed E-state index contributed by atoms with van der Waals surface area (Å²) in [6, 6.07) is 0. The Hall–Kier alpha value is -0.375. The van der Waals surface area contributed by atoms with Crippen LogP contribution in [0.15, 0.2) is 0 Å². The van der Waals surface area contributed by atoms with Crippen molar-refractivity contribution < 1.29 is 33.9 Å². The van der Waals surface area contributed by atoms with Crippen LogP contribution in [0.25, 0.3) is 0 Å². The third kappa shape index (κ3) is 122. The molecule has 0 saturated carbocycles. The van der Waals surface area contributed by atoms with Gasteiger partial charge in [-0.3, -0.25) is 18.8 Å². The molecular weight excluding hydrogens is 413 g/mol. The molecule has 9 heteroatoms. The molecule has 31 heavy (non-hydrogen) atoms. The number of halogens is 4. The molecule has 0 saturated heterocycles. The van der Waals surface area contributed by atoms with Gasteiger partial charge >= 0.3 is 7.32 Å². The minimum atomic E-state index is -2.17. The lowest BCUT2D eigenvalue weighted by Crippen LogP contribution is -2.07. The van der Waals surface area contributed by atoms with Crippen LogP contribution in [0.3, 0.4) is 0 Å². The molecule has 0 atom stereocenters. The molecule has 0 radical (unpaired) electrons. The standard InChI is InChI=1S/2C10H22.2CH4.BH3O3.4FH.H3N/c2*1-3-5-7-9-10-8-6-4-2;;;2-1(3)4;;;;;/h2*3-10H2,1-2H3;2*1H4;2-4H;4*1H;1H3. The van der Waals surface area contributed by atoms with E-state index in [9.17, 15) is 0 Å². The molecule has 6 N–H and O–H groups in total. The first-order valence-electron chi connectivity index (χ1n) is 10.6. The van der Waals surface area contributed by atoms with Gasteiger partial charge in [-0.25, -0.2) is 0 Å². The Morgan fingerprint density at radius 1 is 0.387 bits per heavy atom. The van der Waals surface area contributed by atoms with Crippen LogP contribution in [0.4, 0.5) is 18.8 Å². The quantitative estimate of drug-likeness (QED) is 0.115. The van der Waals surface area contributed by atoms with Crippen molar-refractivity contribution in [3.05, 3.63) is 0 Å². The van der Waals surface area contributed by atoms with E-state index in [1.807, 2.05) is 0 Å².